The second-order valence-electron chi connectivity index (χ2n) is 5.59. The van der Waals surface area contributed by atoms with E-state index in [0.717, 1.165) is 10.0 Å². The number of H-pyrrole nitrogens is 1. The van der Waals surface area contributed by atoms with Gasteiger partial charge < -0.3 is 20.1 Å². The van der Waals surface area contributed by atoms with Crippen LogP contribution in [0.3, 0.4) is 0 Å². The molecule has 3 aromatic rings. The fraction of sp³-hybridized carbons (Fsp3) is 0.167. The van der Waals surface area contributed by atoms with Gasteiger partial charge >= 0.3 is 0 Å². The Bertz CT molecular complexity index is 998. The molecule has 26 heavy (non-hydrogen) atoms. The lowest BCUT2D eigenvalue weighted by molar-refractivity contribution is -0.116. The number of halogens is 1. The van der Waals surface area contributed by atoms with Crippen LogP contribution in [0.4, 0.5) is 11.4 Å². The summed E-state index contributed by atoms with van der Waals surface area (Å²) in [5.74, 6) is 0.0138. The number of rotatable bonds is 5. The van der Waals surface area contributed by atoms with E-state index in [1.165, 1.54) is 0 Å². The average molecular weight is 417 g/mol. The van der Waals surface area contributed by atoms with Gasteiger partial charge in [0.1, 0.15) is 5.75 Å². The first kappa shape index (κ1) is 17.9. The molecular formula is C18H17BrN4O3. The van der Waals surface area contributed by atoms with Gasteiger partial charge in [0.2, 0.25) is 5.88 Å². The van der Waals surface area contributed by atoms with E-state index in [-0.39, 0.29) is 18.1 Å². The maximum Gasteiger partial charge on any atom is 0.283 e. The molecule has 2 aromatic carbocycles. The molecule has 0 unspecified atom stereocenters. The van der Waals surface area contributed by atoms with Crippen LogP contribution in [-0.4, -0.2) is 29.7 Å². The quantitative estimate of drug-likeness (QED) is 0.525. The molecule has 1 aromatic heterocycles. The summed E-state index contributed by atoms with van der Waals surface area (Å²) in [7, 11) is 1.56. The van der Waals surface area contributed by atoms with Gasteiger partial charge in [0, 0.05) is 9.86 Å². The molecule has 0 saturated heterocycles. The van der Waals surface area contributed by atoms with Gasteiger partial charge in [-0.1, -0.05) is 18.2 Å². The number of carbonyl (C=O) groups is 1. The van der Waals surface area contributed by atoms with Crippen molar-refractivity contribution in [2.24, 2.45) is 10.2 Å². The standard InChI is InChI=1S/C18H17BrN4O3/c1-10-7-8-12-15(16(10)19)17(18(25)21-12)23-22-14(24)9-20-11-5-3-4-6-13(11)26-2/h3-8,20-21,25H,9H2,1-2H3. The Kier molecular flexibility index (Phi) is 5.22. The molecule has 0 fully saturated rings. The molecule has 1 amide bonds. The molecule has 0 aliphatic heterocycles. The molecule has 0 radical (unpaired) electrons. The molecule has 3 rings (SSSR count). The summed E-state index contributed by atoms with van der Waals surface area (Å²) in [6.07, 6.45) is 0. The molecule has 1 heterocycles. The van der Waals surface area contributed by atoms with Gasteiger partial charge in [-0.2, -0.15) is 0 Å². The van der Waals surface area contributed by atoms with E-state index in [1.807, 2.05) is 31.2 Å². The van der Waals surface area contributed by atoms with E-state index in [0.29, 0.717) is 22.3 Å². The number of para-hydroxylation sites is 2. The molecule has 8 heteroatoms. The maximum absolute atomic E-state index is 12.0. The van der Waals surface area contributed by atoms with E-state index < -0.39 is 5.91 Å². The van der Waals surface area contributed by atoms with E-state index in [2.05, 4.69) is 36.5 Å². The number of aromatic hydroxyl groups is 1. The number of amides is 1. The van der Waals surface area contributed by atoms with Crippen LogP contribution in [0, 0.1) is 6.92 Å². The first-order valence-electron chi connectivity index (χ1n) is 7.82. The van der Waals surface area contributed by atoms with Crippen LogP contribution in [-0.2, 0) is 4.79 Å². The highest BCUT2D eigenvalue weighted by molar-refractivity contribution is 9.10. The van der Waals surface area contributed by atoms with Crippen LogP contribution in [0.2, 0.25) is 0 Å². The topological polar surface area (TPSA) is 99.1 Å². The second-order valence-corrected chi connectivity index (χ2v) is 6.38. The number of hydrogen-bond donors (Lipinski definition) is 3. The normalized spacial score (nSPS) is 11.2. The minimum atomic E-state index is -0.478. The van der Waals surface area contributed by atoms with Crippen LogP contribution in [0.15, 0.2) is 51.1 Å². The Morgan fingerprint density at radius 3 is 2.85 bits per heavy atom. The van der Waals surface area contributed by atoms with Crippen LogP contribution in [0.5, 0.6) is 11.6 Å². The first-order chi connectivity index (χ1) is 12.5. The number of aromatic amines is 1. The molecule has 0 bridgehead atoms. The zero-order valence-electron chi connectivity index (χ0n) is 14.2. The van der Waals surface area contributed by atoms with Gasteiger partial charge in [-0.15, -0.1) is 10.2 Å². The van der Waals surface area contributed by atoms with Crippen LogP contribution < -0.4 is 10.1 Å². The van der Waals surface area contributed by atoms with Gasteiger partial charge in [-0.25, -0.2) is 0 Å². The van der Waals surface area contributed by atoms with Crippen LogP contribution >= 0.6 is 15.9 Å². The number of aryl methyl sites for hydroxylation is 1. The van der Waals surface area contributed by atoms with Crippen molar-refractivity contribution in [1.82, 2.24) is 4.98 Å². The fourth-order valence-electron chi connectivity index (χ4n) is 2.52. The van der Waals surface area contributed by atoms with Crippen molar-refractivity contribution in [1.29, 1.82) is 0 Å². The SMILES string of the molecule is COc1ccccc1NCC(=O)N=Nc1c(O)[nH]c2ccc(C)c(Br)c12. The summed E-state index contributed by atoms with van der Waals surface area (Å²) >= 11 is 3.49. The molecule has 0 atom stereocenters. The van der Waals surface area contributed by atoms with Crippen molar-refractivity contribution in [3.8, 4) is 11.6 Å². The fourth-order valence-corrected chi connectivity index (χ4v) is 3.05. The van der Waals surface area contributed by atoms with Gasteiger partial charge in [0.15, 0.2) is 5.69 Å². The number of nitrogens with one attached hydrogen (secondary N) is 2. The largest absolute Gasteiger partial charge is 0.495 e. The zero-order chi connectivity index (χ0) is 18.7. The van der Waals surface area contributed by atoms with E-state index in [9.17, 15) is 9.90 Å². The third-order valence-corrected chi connectivity index (χ3v) is 4.87. The summed E-state index contributed by atoms with van der Waals surface area (Å²) in [5, 5.41) is 21.3. The van der Waals surface area contributed by atoms with Crippen molar-refractivity contribution in [3.63, 3.8) is 0 Å². The number of benzene rings is 2. The highest BCUT2D eigenvalue weighted by atomic mass is 79.9. The van der Waals surface area contributed by atoms with Crippen LogP contribution in [0.1, 0.15) is 5.56 Å². The van der Waals surface area contributed by atoms with Crippen molar-refractivity contribution >= 4 is 44.1 Å². The molecule has 0 aliphatic rings. The minimum Gasteiger partial charge on any atom is -0.495 e. The number of nitrogens with zero attached hydrogens (tertiary/aromatic N) is 2. The lowest BCUT2D eigenvalue weighted by atomic mass is 10.1. The average Bonchev–Trinajstić information content (AvgIpc) is 2.97. The zero-order valence-corrected chi connectivity index (χ0v) is 15.8. The Balaban J connectivity index is 1.78. The Hall–Kier alpha value is -2.87. The molecule has 0 saturated carbocycles. The first-order valence-corrected chi connectivity index (χ1v) is 8.61. The number of carbonyl (C=O) groups excluding carboxylic acids is 1. The predicted molar refractivity (Wildman–Crippen MR) is 103 cm³/mol. The van der Waals surface area contributed by atoms with Gasteiger partial charge in [0.25, 0.3) is 5.91 Å². The molecule has 0 spiro atoms. The smallest absolute Gasteiger partial charge is 0.283 e. The monoisotopic (exact) mass is 416 g/mol. The van der Waals surface area contributed by atoms with E-state index in [1.54, 1.807) is 19.2 Å². The molecule has 0 aliphatic carbocycles. The molecule has 3 N–H and O–H groups in total. The van der Waals surface area contributed by atoms with Crippen molar-refractivity contribution < 1.29 is 14.6 Å². The number of fused-ring (bicyclic) bond motifs is 1. The summed E-state index contributed by atoms with van der Waals surface area (Å²) < 4.78 is 6.01. The summed E-state index contributed by atoms with van der Waals surface area (Å²) in [6, 6.07) is 11.0. The second kappa shape index (κ2) is 7.57. The van der Waals surface area contributed by atoms with Gasteiger partial charge in [0.05, 0.1) is 24.9 Å². The van der Waals surface area contributed by atoms with Gasteiger partial charge in [-0.3, -0.25) is 4.79 Å². The highest BCUT2D eigenvalue weighted by Crippen LogP contribution is 2.41. The third-order valence-electron chi connectivity index (χ3n) is 3.85. The Morgan fingerprint density at radius 2 is 2.08 bits per heavy atom. The van der Waals surface area contributed by atoms with E-state index >= 15 is 0 Å². The number of hydrogen-bond acceptors (Lipinski definition) is 5. The number of aromatic nitrogens is 1. The number of ether oxygens (including phenoxy) is 1. The molecular weight excluding hydrogens is 400 g/mol. The molecule has 7 nitrogen and oxygen atoms in total. The lowest BCUT2D eigenvalue weighted by Gasteiger charge is -2.08. The highest BCUT2D eigenvalue weighted by Gasteiger charge is 2.15. The van der Waals surface area contributed by atoms with Crippen molar-refractivity contribution in [2.75, 3.05) is 19.0 Å². The maximum atomic E-state index is 12.0. The minimum absolute atomic E-state index is 0.0484. The summed E-state index contributed by atoms with van der Waals surface area (Å²) in [5.41, 5.74) is 2.60. The third kappa shape index (κ3) is 3.55. The van der Waals surface area contributed by atoms with Crippen LogP contribution in [0.25, 0.3) is 10.9 Å². The molecule has 134 valence electrons. The lowest BCUT2D eigenvalue weighted by Crippen LogP contribution is -2.11. The Labute approximate surface area is 158 Å². The Morgan fingerprint density at radius 1 is 1.31 bits per heavy atom. The number of azo groups is 1. The number of methoxy groups -OCH3 is 1. The van der Waals surface area contributed by atoms with Crippen molar-refractivity contribution in [2.45, 2.75) is 6.92 Å². The predicted octanol–water partition coefficient (Wildman–Crippen LogP) is 4.68. The van der Waals surface area contributed by atoms with E-state index in [4.69, 9.17) is 4.74 Å². The summed E-state index contributed by atoms with van der Waals surface area (Å²) in [4.78, 5) is 14.9. The number of anilines is 1. The summed E-state index contributed by atoms with van der Waals surface area (Å²) in [6.45, 7) is 1.88. The van der Waals surface area contributed by atoms with Gasteiger partial charge in [-0.05, 0) is 46.6 Å². The van der Waals surface area contributed by atoms with Crippen molar-refractivity contribution in [3.05, 3.63) is 46.4 Å².